The molecule has 0 aliphatic carbocycles. The van der Waals surface area contributed by atoms with Gasteiger partial charge in [-0.15, -0.1) is 0 Å². The lowest BCUT2D eigenvalue weighted by atomic mass is 10.1. The van der Waals surface area contributed by atoms with Gasteiger partial charge < -0.3 is 26.6 Å². The Morgan fingerprint density at radius 3 is 2.50 bits per heavy atom. The lowest BCUT2D eigenvalue weighted by molar-refractivity contribution is -0.138. The monoisotopic (exact) mass is 281 g/mol. The van der Waals surface area contributed by atoms with Gasteiger partial charge in [0.1, 0.15) is 6.04 Å². The Bertz CT molecular complexity index is 544. The average Bonchev–Trinajstić information content (AvgIpc) is 2.37. The van der Waals surface area contributed by atoms with Crippen molar-refractivity contribution in [3.8, 4) is 0 Å². The fraction of sp³-hybridized carbons (Fsp3) is 0.250. The van der Waals surface area contributed by atoms with Crippen molar-refractivity contribution in [2.45, 2.75) is 13.0 Å². The minimum Gasteiger partial charge on any atom is -0.480 e. The van der Waals surface area contributed by atoms with E-state index in [0.29, 0.717) is 5.56 Å². The number of urea groups is 1. The Morgan fingerprint density at radius 2 is 1.95 bits per heavy atom. The molecule has 0 aromatic heterocycles. The first-order valence-electron chi connectivity index (χ1n) is 5.68. The van der Waals surface area contributed by atoms with E-state index in [4.69, 9.17) is 15.9 Å². The molecule has 8 heteroatoms. The number of aromatic carboxylic acids is 1. The summed E-state index contributed by atoms with van der Waals surface area (Å²) in [7, 11) is 0. The van der Waals surface area contributed by atoms with Crippen molar-refractivity contribution in [2.75, 3.05) is 11.9 Å². The van der Waals surface area contributed by atoms with Crippen LogP contribution in [0.1, 0.15) is 15.9 Å². The Labute approximate surface area is 114 Å². The van der Waals surface area contributed by atoms with E-state index in [0.717, 1.165) is 0 Å². The first kappa shape index (κ1) is 15.4. The zero-order valence-corrected chi connectivity index (χ0v) is 10.7. The lowest BCUT2D eigenvalue weighted by Crippen LogP contribution is -2.43. The van der Waals surface area contributed by atoms with Crippen molar-refractivity contribution in [3.63, 3.8) is 0 Å². The molecule has 1 aromatic carbocycles. The largest absolute Gasteiger partial charge is 0.480 e. The molecule has 20 heavy (non-hydrogen) atoms. The number of aliphatic carboxylic acids is 1. The Morgan fingerprint density at radius 1 is 1.30 bits per heavy atom. The number of carboxylic acid groups (broad SMARTS) is 2. The molecular weight excluding hydrogens is 266 g/mol. The maximum atomic E-state index is 11.5. The van der Waals surface area contributed by atoms with Crippen molar-refractivity contribution < 1.29 is 24.6 Å². The number of benzene rings is 1. The van der Waals surface area contributed by atoms with Gasteiger partial charge in [-0.2, -0.15) is 0 Å². The van der Waals surface area contributed by atoms with Crippen LogP contribution in [0.25, 0.3) is 0 Å². The molecular formula is C12H15N3O5. The second kappa shape index (κ2) is 6.53. The first-order valence-corrected chi connectivity index (χ1v) is 5.68. The number of hydrogen-bond acceptors (Lipinski definition) is 4. The van der Waals surface area contributed by atoms with Crippen LogP contribution < -0.4 is 16.4 Å². The molecule has 1 rings (SSSR count). The third-order valence-electron chi connectivity index (χ3n) is 2.53. The van der Waals surface area contributed by atoms with Gasteiger partial charge in [-0.05, 0) is 24.6 Å². The molecule has 0 unspecified atom stereocenters. The molecule has 0 saturated carbocycles. The predicted molar refractivity (Wildman–Crippen MR) is 70.8 cm³/mol. The van der Waals surface area contributed by atoms with Gasteiger partial charge in [0.05, 0.1) is 5.56 Å². The summed E-state index contributed by atoms with van der Waals surface area (Å²) in [5.41, 5.74) is 6.15. The van der Waals surface area contributed by atoms with E-state index in [2.05, 4.69) is 10.6 Å². The van der Waals surface area contributed by atoms with Crippen LogP contribution in [0, 0.1) is 6.92 Å². The highest BCUT2D eigenvalue weighted by Crippen LogP contribution is 2.15. The molecule has 0 heterocycles. The number of aryl methyl sites for hydroxylation is 1. The lowest BCUT2D eigenvalue weighted by Gasteiger charge is -2.11. The number of amides is 2. The molecule has 0 aliphatic heterocycles. The van der Waals surface area contributed by atoms with E-state index < -0.39 is 24.0 Å². The fourth-order valence-electron chi connectivity index (χ4n) is 1.40. The smallest absolute Gasteiger partial charge is 0.336 e. The number of carbonyl (C=O) groups is 3. The SMILES string of the molecule is Cc1ccc(NC(=O)NC[C@H](N)C(=O)O)cc1C(=O)O. The van der Waals surface area contributed by atoms with Crippen molar-refractivity contribution in [3.05, 3.63) is 29.3 Å². The number of hydrogen-bond donors (Lipinski definition) is 5. The predicted octanol–water partition coefficient (Wildman–Crippen LogP) is 0.227. The zero-order valence-electron chi connectivity index (χ0n) is 10.7. The molecule has 0 spiro atoms. The molecule has 1 aromatic rings. The van der Waals surface area contributed by atoms with Gasteiger partial charge in [0.15, 0.2) is 0 Å². The molecule has 0 radical (unpaired) electrons. The number of rotatable bonds is 5. The second-order valence-corrected chi connectivity index (χ2v) is 4.11. The third-order valence-corrected chi connectivity index (χ3v) is 2.53. The van der Waals surface area contributed by atoms with Gasteiger partial charge in [-0.3, -0.25) is 4.79 Å². The summed E-state index contributed by atoms with van der Waals surface area (Å²) in [6.07, 6.45) is 0. The molecule has 0 bridgehead atoms. The summed E-state index contributed by atoms with van der Waals surface area (Å²) in [6, 6.07) is 2.55. The minimum atomic E-state index is -1.23. The highest BCUT2D eigenvalue weighted by molar-refractivity contribution is 5.94. The number of carboxylic acids is 2. The summed E-state index contributed by atoms with van der Waals surface area (Å²) in [5, 5.41) is 22.2. The van der Waals surface area contributed by atoms with Crippen molar-refractivity contribution in [1.82, 2.24) is 5.32 Å². The van der Waals surface area contributed by atoms with Crippen molar-refractivity contribution in [1.29, 1.82) is 0 Å². The van der Waals surface area contributed by atoms with Gasteiger partial charge >= 0.3 is 18.0 Å². The van der Waals surface area contributed by atoms with Crippen LogP contribution in [0.4, 0.5) is 10.5 Å². The van der Waals surface area contributed by atoms with Crippen LogP contribution in [-0.2, 0) is 4.79 Å². The maximum absolute atomic E-state index is 11.5. The third kappa shape index (κ3) is 4.25. The van der Waals surface area contributed by atoms with Crippen molar-refractivity contribution in [2.24, 2.45) is 5.73 Å². The van der Waals surface area contributed by atoms with Gasteiger partial charge in [0.2, 0.25) is 0 Å². The molecule has 8 nitrogen and oxygen atoms in total. The minimum absolute atomic E-state index is 0.0741. The van der Waals surface area contributed by atoms with E-state index in [9.17, 15) is 14.4 Å². The highest BCUT2D eigenvalue weighted by Gasteiger charge is 2.13. The highest BCUT2D eigenvalue weighted by atomic mass is 16.4. The van der Waals surface area contributed by atoms with E-state index in [1.54, 1.807) is 19.1 Å². The quantitative estimate of drug-likeness (QED) is 0.523. The van der Waals surface area contributed by atoms with Crippen LogP contribution in [0.5, 0.6) is 0 Å². The average molecular weight is 281 g/mol. The zero-order chi connectivity index (χ0) is 15.3. The molecule has 0 fully saturated rings. The van der Waals surface area contributed by atoms with Crippen LogP contribution in [0.3, 0.4) is 0 Å². The Hall–Kier alpha value is -2.61. The molecule has 2 amide bonds. The second-order valence-electron chi connectivity index (χ2n) is 4.11. The van der Waals surface area contributed by atoms with Gasteiger partial charge in [0.25, 0.3) is 0 Å². The first-order chi connectivity index (χ1) is 9.31. The summed E-state index contributed by atoms with van der Waals surface area (Å²) in [4.78, 5) is 32.9. The van der Waals surface area contributed by atoms with Crippen LogP contribution in [-0.4, -0.2) is 40.8 Å². The Balaban J connectivity index is 2.65. The fourth-order valence-corrected chi connectivity index (χ4v) is 1.40. The summed E-state index contributed by atoms with van der Waals surface area (Å²) in [6.45, 7) is 1.40. The summed E-state index contributed by atoms with van der Waals surface area (Å²) < 4.78 is 0. The van der Waals surface area contributed by atoms with Crippen LogP contribution in [0.2, 0.25) is 0 Å². The topological polar surface area (TPSA) is 142 Å². The van der Waals surface area contributed by atoms with Crippen LogP contribution >= 0.6 is 0 Å². The van der Waals surface area contributed by atoms with Crippen molar-refractivity contribution >= 4 is 23.7 Å². The van der Waals surface area contributed by atoms with E-state index >= 15 is 0 Å². The summed E-state index contributed by atoms with van der Waals surface area (Å²) in [5.74, 6) is -2.33. The Kier molecular flexibility index (Phi) is 5.04. The molecule has 108 valence electrons. The molecule has 0 saturated heterocycles. The van der Waals surface area contributed by atoms with Gasteiger partial charge in [-0.25, -0.2) is 9.59 Å². The number of anilines is 1. The molecule has 0 aliphatic rings. The van der Waals surface area contributed by atoms with E-state index in [1.165, 1.54) is 6.07 Å². The standard InChI is InChI=1S/C12H15N3O5/c1-6-2-3-7(4-8(6)10(16)17)15-12(20)14-5-9(13)11(18)19/h2-4,9H,5,13H2,1H3,(H,16,17)(H,18,19)(H2,14,15,20)/t9-/m0/s1. The molecule has 6 N–H and O–H groups in total. The van der Waals surface area contributed by atoms with Gasteiger partial charge in [0, 0.05) is 12.2 Å². The van der Waals surface area contributed by atoms with E-state index in [-0.39, 0.29) is 17.8 Å². The van der Waals surface area contributed by atoms with Crippen LogP contribution in [0.15, 0.2) is 18.2 Å². The maximum Gasteiger partial charge on any atom is 0.336 e. The van der Waals surface area contributed by atoms with Gasteiger partial charge in [-0.1, -0.05) is 6.07 Å². The molecule has 1 atom stereocenters. The normalized spacial score (nSPS) is 11.5. The number of nitrogens with one attached hydrogen (secondary N) is 2. The summed E-state index contributed by atoms with van der Waals surface area (Å²) >= 11 is 0. The van der Waals surface area contributed by atoms with E-state index in [1.807, 2.05) is 0 Å². The number of carbonyl (C=O) groups excluding carboxylic acids is 1. The number of nitrogens with two attached hydrogens (primary N) is 1.